The summed E-state index contributed by atoms with van der Waals surface area (Å²) in [6.07, 6.45) is 3.52. The smallest absolute Gasteiger partial charge is 0.238 e. The third-order valence-corrected chi connectivity index (χ3v) is 5.18. The molecule has 0 saturated heterocycles. The highest BCUT2D eigenvalue weighted by molar-refractivity contribution is 7.14. The maximum atomic E-state index is 12.2. The van der Waals surface area contributed by atoms with E-state index >= 15 is 0 Å². The first-order valence-electron chi connectivity index (χ1n) is 9.14. The molecule has 1 heterocycles. The lowest BCUT2D eigenvalue weighted by molar-refractivity contribution is -0.115. The van der Waals surface area contributed by atoms with Gasteiger partial charge in [0.15, 0.2) is 0 Å². The number of hydrogen-bond acceptors (Lipinski definition) is 4. The van der Waals surface area contributed by atoms with Gasteiger partial charge in [-0.25, -0.2) is 0 Å². The van der Waals surface area contributed by atoms with Gasteiger partial charge in [0.25, 0.3) is 0 Å². The van der Waals surface area contributed by atoms with Crippen LogP contribution in [0.3, 0.4) is 0 Å². The molecule has 26 heavy (non-hydrogen) atoms. The van der Waals surface area contributed by atoms with Crippen LogP contribution in [0.2, 0.25) is 0 Å². The maximum Gasteiger partial charge on any atom is 0.238 e. The van der Waals surface area contributed by atoms with Gasteiger partial charge in [-0.2, -0.15) is 5.26 Å². The first kappa shape index (κ1) is 20.2. The van der Waals surface area contributed by atoms with Crippen LogP contribution in [0.4, 0.5) is 5.00 Å². The van der Waals surface area contributed by atoms with Crippen LogP contribution in [0, 0.1) is 17.2 Å². The van der Waals surface area contributed by atoms with Crippen LogP contribution in [-0.2, 0) is 11.2 Å². The van der Waals surface area contributed by atoms with Crippen molar-refractivity contribution in [2.24, 2.45) is 5.92 Å². The molecule has 0 aliphatic rings. The second kappa shape index (κ2) is 10.1. The quantitative estimate of drug-likeness (QED) is 0.661. The monoisotopic (exact) mass is 369 g/mol. The fourth-order valence-corrected chi connectivity index (χ4v) is 3.63. The fourth-order valence-electron chi connectivity index (χ4n) is 2.88. The molecule has 4 nitrogen and oxygen atoms in total. The second-order valence-corrected chi connectivity index (χ2v) is 7.69. The van der Waals surface area contributed by atoms with E-state index in [1.54, 1.807) is 11.4 Å². The number of nitriles is 1. The summed E-state index contributed by atoms with van der Waals surface area (Å²) >= 11 is 1.37. The lowest BCUT2D eigenvalue weighted by Gasteiger charge is -2.23. The zero-order valence-corrected chi connectivity index (χ0v) is 16.5. The summed E-state index contributed by atoms with van der Waals surface area (Å²) in [5.41, 5.74) is 3.06. The number of amides is 1. The average molecular weight is 370 g/mol. The van der Waals surface area contributed by atoms with Gasteiger partial charge in [-0.3, -0.25) is 4.79 Å². The Kier molecular flexibility index (Phi) is 7.83. The Balaban J connectivity index is 1.95. The third kappa shape index (κ3) is 5.69. The normalized spacial score (nSPS) is 12.0. The Morgan fingerprint density at radius 3 is 2.58 bits per heavy atom. The van der Waals surface area contributed by atoms with E-state index in [1.807, 2.05) is 0 Å². The summed E-state index contributed by atoms with van der Waals surface area (Å²) in [7, 11) is 0. The molecule has 138 valence electrons. The van der Waals surface area contributed by atoms with Crippen LogP contribution < -0.4 is 10.6 Å². The molecule has 1 aromatic carbocycles. The Morgan fingerprint density at radius 1 is 1.23 bits per heavy atom. The van der Waals surface area contributed by atoms with E-state index < -0.39 is 0 Å². The number of thiophene rings is 1. The van der Waals surface area contributed by atoms with Crippen LogP contribution >= 0.6 is 11.3 Å². The number of anilines is 1. The van der Waals surface area contributed by atoms with Crippen LogP contribution in [0.5, 0.6) is 0 Å². The van der Waals surface area contributed by atoms with E-state index in [4.69, 9.17) is 5.26 Å². The van der Waals surface area contributed by atoms with Crippen molar-refractivity contribution in [2.45, 2.75) is 46.1 Å². The largest absolute Gasteiger partial charge is 0.315 e. The molecule has 0 radical (unpaired) electrons. The average Bonchev–Trinajstić information content (AvgIpc) is 3.07. The molecule has 0 aliphatic heterocycles. The zero-order chi connectivity index (χ0) is 18.9. The van der Waals surface area contributed by atoms with Gasteiger partial charge in [-0.1, -0.05) is 51.5 Å². The first-order valence-corrected chi connectivity index (χ1v) is 10.0. The topological polar surface area (TPSA) is 64.9 Å². The van der Waals surface area contributed by atoms with Crippen molar-refractivity contribution >= 4 is 22.2 Å². The first-order chi connectivity index (χ1) is 12.5. The fraction of sp³-hybridized carbons (Fsp3) is 0.429. The van der Waals surface area contributed by atoms with E-state index in [0.717, 1.165) is 6.42 Å². The van der Waals surface area contributed by atoms with E-state index in [2.05, 4.69) is 61.7 Å². The van der Waals surface area contributed by atoms with Crippen LogP contribution in [-0.4, -0.2) is 12.5 Å². The summed E-state index contributed by atoms with van der Waals surface area (Å²) in [5.74, 6) is 0.231. The van der Waals surface area contributed by atoms with Crippen molar-refractivity contribution in [1.29, 1.82) is 5.26 Å². The lowest BCUT2D eigenvalue weighted by atomic mass is 9.94. The highest BCUT2D eigenvalue weighted by Crippen LogP contribution is 2.24. The van der Waals surface area contributed by atoms with Gasteiger partial charge in [0.05, 0.1) is 12.1 Å². The van der Waals surface area contributed by atoms with Gasteiger partial charge in [-0.05, 0) is 41.3 Å². The molecule has 0 fully saturated rings. The standard InChI is InChI=1S/C21H27N3OS/c1-4-5-6-16-7-9-17(10-8-16)20(15(2)3)23-14-19(25)24-21-18(13-22)11-12-26-21/h7-12,15,20,23H,4-6,14H2,1-3H3,(H,24,25)/t20-/m1/s1. The van der Waals surface area contributed by atoms with Gasteiger partial charge < -0.3 is 10.6 Å². The molecular formula is C21H27N3OS. The van der Waals surface area contributed by atoms with Crippen molar-refractivity contribution in [2.75, 3.05) is 11.9 Å². The summed E-state index contributed by atoms with van der Waals surface area (Å²) in [4.78, 5) is 12.2. The minimum atomic E-state index is -0.130. The highest BCUT2D eigenvalue weighted by Gasteiger charge is 2.17. The minimum absolute atomic E-state index is 0.111. The molecule has 1 atom stereocenters. The van der Waals surface area contributed by atoms with Crippen molar-refractivity contribution in [3.8, 4) is 6.07 Å². The highest BCUT2D eigenvalue weighted by atomic mass is 32.1. The van der Waals surface area contributed by atoms with E-state index in [-0.39, 0.29) is 18.5 Å². The number of benzene rings is 1. The number of carbonyl (C=O) groups is 1. The number of carbonyl (C=O) groups excluding carboxylic acids is 1. The van der Waals surface area contributed by atoms with Crippen molar-refractivity contribution in [1.82, 2.24) is 5.32 Å². The molecule has 2 aromatic rings. The maximum absolute atomic E-state index is 12.2. The minimum Gasteiger partial charge on any atom is -0.315 e. The summed E-state index contributed by atoms with van der Waals surface area (Å²) in [5, 5.41) is 17.6. The predicted octanol–water partition coefficient (Wildman–Crippen LogP) is 4.89. The lowest BCUT2D eigenvalue weighted by Crippen LogP contribution is -2.33. The SMILES string of the molecule is CCCCc1ccc([C@H](NCC(=O)Nc2sccc2C#N)C(C)C)cc1. The molecule has 1 amide bonds. The molecule has 0 saturated carbocycles. The number of unbranched alkanes of at least 4 members (excludes halogenated alkanes) is 1. The number of nitrogens with zero attached hydrogens (tertiary/aromatic N) is 1. The second-order valence-electron chi connectivity index (χ2n) is 6.77. The van der Waals surface area contributed by atoms with E-state index in [9.17, 15) is 4.79 Å². The van der Waals surface area contributed by atoms with Gasteiger partial charge >= 0.3 is 0 Å². The Labute approximate surface area is 160 Å². The molecule has 0 aliphatic carbocycles. The zero-order valence-electron chi connectivity index (χ0n) is 15.7. The number of nitrogens with one attached hydrogen (secondary N) is 2. The van der Waals surface area contributed by atoms with Gasteiger partial charge in [0.2, 0.25) is 5.91 Å². The van der Waals surface area contributed by atoms with Crippen LogP contribution in [0.15, 0.2) is 35.7 Å². The molecule has 5 heteroatoms. The van der Waals surface area contributed by atoms with Crippen LogP contribution in [0.1, 0.15) is 56.3 Å². The summed E-state index contributed by atoms with van der Waals surface area (Å²) in [6.45, 7) is 6.71. The third-order valence-electron chi connectivity index (χ3n) is 4.35. The molecular weight excluding hydrogens is 342 g/mol. The van der Waals surface area contributed by atoms with Gasteiger partial charge in [-0.15, -0.1) is 11.3 Å². The summed E-state index contributed by atoms with van der Waals surface area (Å²) in [6, 6.07) is 12.6. The molecule has 0 spiro atoms. The summed E-state index contributed by atoms with van der Waals surface area (Å²) < 4.78 is 0. The van der Waals surface area contributed by atoms with Gasteiger partial charge in [0, 0.05) is 6.04 Å². The molecule has 0 unspecified atom stereocenters. The van der Waals surface area contributed by atoms with Crippen LogP contribution in [0.25, 0.3) is 0 Å². The molecule has 1 aromatic heterocycles. The van der Waals surface area contributed by atoms with E-state index in [0.29, 0.717) is 16.5 Å². The molecule has 0 bridgehead atoms. The molecule has 2 N–H and O–H groups in total. The predicted molar refractivity (Wildman–Crippen MR) is 108 cm³/mol. The number of aryl methyl sites for hydroxylation is 1. The van der Waals surface area contributed by atoms with Crippen molar-refractivity contribution in [3.05, 3.63) is 52.4 Å². The van der Waals surface area contributed by atoms with Gasteiger partial charge in [0.1, 0.15) is 11.1 Å². The van der Waals surface area contributed by atoms with Crippen molar-refractivity contribution < 1.29 is 4.79 Å². The Morgan fingerprint density at radius 2 is 1.96 bits per heavy atom. The number of hydrogen-bond donors (Lipinski definition) is 2. The van der Waals surface area contributed by atoms with E-state index in [1.165, 1.54) is 35.3 Å². The van der Waals surface area contributed by atoms with Crippen molar-refractivity contribution in [3.63, 3.8) is 0 Å². The Hall–Kier alpha value is -2.16. The Bertz CT molecular complexity index is 743. The number of rotatable bonds is 9. The molecule has 2 rings (SSSR count).